The number of amides is 2. The molecule has 0 N–H and O–H groups in total. The van der Waals surface area contributed by atoms with E-state index in [0.29, 0.717) is 28.6 Å². The zero-order chi connectivity index (χ0) is 21.0. The lowest BCUT2D eigenvalue weighted by atomic mass is 10.1. The van der Waals surface area contributed by atoms with Crippen molar-refractivity contribution in [2.75, 3.05) is 6.61 Å². The number of carbonyl (C=O) groups excluding carboxylic acids is 2. The van der Waals surface area contributed by atoms with Gasteiger partial charge in [0.2, 0.25) is 0 Å². The van der Waals surface area contributed by atoms with Gasteiger partial charge in [0.25, 0.3) is 11.1 Å². The number of thioether (sulfide) groups is 1. The summed E-state index contributed by atoms with van der Waals surface area (Å²) in [4.78, 5) is 26.1. The predicted octanol–water partition coefficient (Wildman–Crippen LogP) is 5.25. The van der Waals surface area contributed by atoms with Crippen LogP contribution in [0.3, 0.4) is 0 Å². The van der Waals surface area contributed by atoms with Gasteiger partial charge in [0.1, 0.15) is 12.4 Å². The van der Waals surface area contributed by atoms with Crippen molar-refractivity contribution in [1.29, 1.82) is 0 Å². The summed E-state index contributed by atoms with van der Waals surface area (Å²) in [5, 5.41) is -0.267. The molecule has 29 heavy (non-hydrogen) atoms. The zero-order valence-electron chi connectivity index (χ0n) is 16.5. The van der Waals surface area contributed by atoms with Crippen LogP contribution in [0, 0.1) is 5.82 Å². The molecule has 1 saturated heterocycles. The first-order valence-corrected chi connectivity index (χ1v) is 10.1. The highest BCUT2D eigenvalue weighted by Crippen LogP contribution is 2.35. The largest absolute Gasteiger partial charge is 0.490 e. The number of rotatable bonds is 7. The van der Waals surface area contributed by atoms with E-state index >= 15 is 0 Å². The standard InChI is InChI=1S/C22H22FNO4S/c1-4-27-19-11-15(12-20-21(25)24(14(2)3)22(26)29-20)8-9-18(19)28-13-16-6-5-7-17(23)10-16/h5-12,14H,4,13H2,1-3H3/b20-12+. The van der Waals surface area contributed by atoms with Gasteiger partial charge in [-0.05, 0) is 74.0 Å². The summed E-state index contributed by atoms with van der Waals surface area (Å²) < 4.78 is 24.8. The molecular weight excluding hydrogens is 393 g/mol. The van der Waals surface area contributed by atoms with Crippen LogP contribution in [0.25, 0.3) is 6.08 Å². The van der Waals surface area contributed by atoms with Crippen molar-refractivity contribution in [2.24, 2.45) is 0 Å². The number of hydrogen-bond donors (Lipinski definition) is 0. The van der Waals surface area contributed by atoms with Gasteiger partial charge in [-0.25, -0.2) is 4.39 Å². The normalized spacial score (nSPS) is 15.5. The van der Waals surface area contributed by atoms with E-state index in [4.69, 9.17) is 9.47 Å². The van der Waals surface area contributed by atoms with Gasteiger partial charge in [0.05, 0.1) is 11.5 Å². The second-order valence-corrected chi connectivity index (χ2v) is 7.70. The third-order valence-electron chi connectivity index (χ3n) is 4.19. The Morgan fingerprint density at radius 3 is 2.55 bits per heavy atom. The first-order chi connectivity index (χ1) is 13.9. The van der Waals surface area contributed by atoms with Crippen molar-refractivity contribution in [2.45, 2.75) is 33.4 Å². The lowest BCUT2D eigenvalue weighted by Crippen LogP contribution is -2.34. The Bertz CT molecular complexity index is 958. The van der Waals surface area contributed by atoms with Gasteiger partial charge in [-0.1, -0.05) is 18.2 Å². The number of hydrogen-bond acceptors (Lipinski definition) is 5. The molecule has 1 fully saturated rings. The predicted molar refractivity (Wildman–Crippen MR) is 111 cm³/mol. The average molecular weight is 415 g/mol. The molecule has 152 valence electrons. The summed E-state index contributed by atoms with van der Waals surface area (Å²) in [5.41, 5.74) is 1.43. The molecule has 1 heterocycles. The Balaban J connectivity index is 1.80. The number of carbonyl (C=O) groups is 2. The Labute approximate surface area is 173 Å². The maximum Gasteiger partial charge on any atom is 0.293 e. The van der Waals surface area contributed by atoms with Crippen molar-refractivity contribution in [3.8, 4) is 11.5 Å². The van der Waals surface area contributed by atoms with E-state index in [9.17, 15) is 14.0 Å². The van der Waals surface area contributed by atoms with Crippen LogP contribution < -0.4 is 9.47 Å². The van der Waals surface area contributed by atoms with Gasteiger partial charge >= 0.3 is 0 Å². The van der Waals surface area contributed by atoms with Gasteiger partial charge in [-0.15, -0.1) is 0 Å². The van der Waals surface area contributed by atoms with Crippen LogP contribution in [0.2, 0.25) is 0 Å². The molecule has 0 aromatic heterocycles. The van der Waals surface area contributed by atoms with Crippen molar-refractivity contribution in [3.05, 3.63) is 64.3 Å². The van der Waals surface area contributed by atoms with Crippen LogP contribution in [0.15, 0.2) is 47.4 Å². The van der Waals surface area contributed by atoms with Crippen LogP contribution >= 0.6 is 11.8 Å². The van der Waals surface area contributed by atoms with Gasteiger partial charge in [-0.2, -0.15) is 0 Å². The van der Waals surface area contributed by atoms with E-state index in [0.717, 1.165) is 17.3 Å². The van der Waals surface area contributed by atoms with Crippen molar-refractivity contribution in [3.63, 3.8) is 0 Å². The summed E-state index contributed by atoms with van der Waals surface area (Å²) >= 11 is 0.928. The molecule has 2 amide bonds. The number of benzene rings is 2. The first-order valence-electron chi connectivity index (χ1n) is 9.30. The Morgan fingerprint density at radius 1 is 1.10 bits per heavy atom. The second-order valence-electron chi connectivity index (χ2n) is 6.70. The topological polar surface area (TPSA) is 55.8 Å². The monoisotopic (exact) mass is 415 g/mol. The highest BCUT2D eigenvalue weighted by Gasteiger charge is 2.36. The molecule has 0 unspecified atom stereocenters. The van der Waals surface area contributed by atoms with Gasteiger partial charge in [-0.3, -0.25) is 14.5 Å². The van der Waals surface area contributed by atoms with Gasteiger partial charge < -0.3 is 9.47 Å². The summed E-state index contributed by atoms with van der Waals surface area (Å²) in [7, 11) is 0. The lowest BCUT2D eigenvalue weighted by Gasteiger charge is -2.16. The van der Waals surface area contributed by atoms with E-state index in [1.807, 2.05) is 6.92 Å². The molecule has 7 heteroatoms. The van der Waals surface area contributed by atoms with Gasteiger partial charge in [0, 0.05) is 6.04 Å². The molecule has 2 aromatic rings. The summed E-state index contributed by atoms with van der Waals surface area (Å²) in [6, 6.07) is 11.3. The van der Waals surface area contributed by atoms with Gasteiger partial charge in [0.15, 0.2) is 11.5 Å². The quantitative estimate of drug-likeness (QED) is 0.578. The molecule has 3 rings (SSSR count). The second kappa shape index (κ2) is 9.13. The zero-order valence-corrected chi connectivity index (χ0v) is 17.3. The SMILES string of the molecule is CCOc1cc(/C=C2/SC(=O)N(C(C)C)C2=O)ccc1OCc1cccc(F)c1. The van der Waals surface area contributed by atoms with Crippen LogP contribution in [-0.4, -0.2) is 28.7 Å². The molecular formula is C22H22FNO4S. The maximum absolute atomic E-state index is 13.3. The van der Waals surface area contributed by atoms with E-state index in [1.165, 1.54) is 17.0 Å². The van der Waals surface area contributed by atoms with E-state index in [2.05, 4.69) is 0 Å². The fourth-order valence-electron chi connectivity index (χ4n) is 2.87. The number of ether oxygens (including phenoxy) is 2. The fourth-order valence-corrected chi connectivity index (χ4v) is 3.83. The lowest BCUT2D eigenvalue weighted by molar-refractivity contribution is -0.123. The average Bonchev–Trinajstić information content (AvgIpc) is 2.95. The van der Waals surface area contributed by atoms with Crippen molar-refractivity contribution in [1.82, 2.24) is 4.90 Å². The first kappa shape index (κ1) is 20.9. The summed E-state index contributed by atoms with van der Waals surface area (Å²) in [5.74, 6) is 0.422. The Hall–Kier alpha value is -2.80. The summed E-state index contributed by atoms with van der Waals surface area (Å²) in [6.07, 6.45) is 1.67. The molecule has 0 spiro atoms. The van der Waals surface area contributed by atoms with E-state index < -0.39 is 0 Å². The van der Waals surface area contributed by atoms with Crippen LogP contribution in [0.1, 0.15) is 31.9 Å². The van der Waals surface area contributed by atoms with E-state index in [-0.39, 0.29) is 29.6 Å². The fraction of sp³-hybridized carbons (Fsp3) is 0.273. The third-order valence-corrected chi connectivity index (χ3v) is 5.07. The molecule has 2 aromatic carbocycles. The number of nitrogens with zero attached hydrogens (tertiary/aromatic N) is 1. The van der Waals surface area contributed by atoms with Crippen molar-refractivity contribution >= 4 is 29.0 Å². The van der Waals surface area contributed by atoms with E-state index in [1.54, 1.807) is 50.3 Å². The maximum atomic E-state index is 13.3. The molecule has 0 radical (unpaired) electrons. The molecule has 1 aliphatic heterocycles. The van der Waals surface area contributed by atoms with Crippen LogP contribution in [-0.2, 0) is 11.4 Å². The van der Waals surface area contributed by atoms with Crippen LogP contribution in [0.4, 0.5) is 9.18 Å². The molecule has 0 aliphatic carbocycles. The molecule has 5 nitrogen and oxygen atoms in total. The minimum atomic E-state index is -0.318. The highest BCUT2D eigenvalue weighted by atomic mass is 32.2. The minimum Gasteiger partial charge on any atom is -0.490 e. The highest BCUT2D eigenvalue weighted by molar-refractivity contribution is 8.18. The smallest absolute Gasteiger partial charge is 0.293 e. The molecule has 1 aliphatic rings. The van der Waals surface area contributed by atoms with Crippen molar-refractivity contribution < 1.29 is 23.5 Å². The minimum absolute atomic E-state index is 0.189. The number of halogens is 1. The molecule has 0 bridgehead atoms. The molecule has 0 atom stereocenters. The number of imide groups is 1. The van der Waals surface area contributed by atoms with Crippen LogP contribution in [0.5, 0.6) is 11.5 Å². The summed E-state index contributed by atoms with van der Waals surface area (Å²) in [6.45, 7) is 6.10. The Morgan fingerprint density at radius 2 is 1.90 bits per heavy atom. The Kier molecular flexibility index (Phi) is 6.59. The molecule has 0 saturated carbocycles. The third kappa shape index (κ3) is 4.98.